The SMILES string of the molecule is CCC(=O)[O-].CN(C)C=CC(=O)c1ccc2[nH]c(=O)c3[nH]ccc3c2c1. The molecule has 26 heavy (non-hydrogen) atoms. The van der Waals surface area contributed by atoms with E-state index in [0.29, 0.717) is 11.1 Å². The summed E-state index contributed by atoms with van der Waals surface area (Å²) in [6, 6.07) is 7.14. The highest BCUT2D eigenvalue weighted by molar-refractivity contribution is 6.10. The number of aromatic nitrogens is 2. The Bertz CT molecular complexity index is 1030. The second kappa shape index (κ2) is 8.15. The lowest BCUT2D eigenvalue weighted by Crippen LogP contribution is -2.19. The van der Waals surface area contributed by atoms with Crippen LogP contribution in [0.15, 0.2) is 47.5 Å². The zero-order valence-corrected chi connectivity index (χ0v) is 14.8. The second-order valence-corrected chi connectivity index (χ2v) is 5.85. The van der Waals surface area contributed by atoms with Crippen molar-refractivity contribution in [2.75, 3.05) is 14.1 Å². The largest absolute Gasteiger partial charge is 0.550 e. The number of carbonyl (C=O) groups is 2. The van der Waals surface area contributed by atoms with Crippen LogP contribution in [-0.2, 0) is 4.79 Å². The molecule has 2 N–H and O–H groups in total. The van der Waals surface area contributed by atoms with Gasteiger partial charge in [-0.05, 0) is 30.7 Å². The minimum absolute atomic E-state index is 0.0690. The number of ketones is 1. The Morgan fingerprint density at radius 3 is 2.50 bits per heavy atom. The lowest BCUT2D eigenvalue weighted by molar-refractivity contribution is -0.305. The molecular weight excluding hydrogens is 334 g/mol. The molecule has 0 aliphatic rings. The second-order valence-electron chi connectivity index (χ2n) is 5.85. The first-order valence-corrected chi connectivity index (χ1v) is 8.05. The number of allylic oxidation sites excluding steroid dienone is 1. The van der Waals surface area contributed by atoms with Gasteiger partial charge in [0.2, 0.25) is 0 Å². The number of hydrogen-bond donors (Lipinski definition) is 2. The Hall–Kier alpha value is -3.35. The van der Waals surface area contributed by atoms with Crippen molar-refractivity contribution in [2.45, 2.75) is 13.3 Å². The quantitative estimate of drug-likeness (QED) is 0.544. The molecule has 0 saturated carbocycles. The molecule has 136 valence electrons. The molecule has 0 saturated heterocycles. The van der Waals surface area contributed by atoms with Crippen LogP contribution in [0.1, 0.15) is 23.7 Å². The molecule has 3 aromatic rings. The smallest absolute Gasteiger partial charge is 0.272 e. The van der Waals surface area contributed by atoms with Crippen molar-refractivity contribution in [3.05, 3.63) is 58.7 Å². The van der Waals surface area contributed by atoms with E-state index in [2.05, 4.69) is 9.97 Å². The fourth-order valence-corrected chi connectivity index (χ4v) is 2.31. The average molecular weight is 354 g/mol. The number of nitrogens with zero attached hydrogens (tertiary/aromatic N) is 1. The van der Waals surface area contributed by atoms with E-state index in [0.717, 1.165) is 16.3 Å². The Morgan fingerprint density at radius 2 is 1.88 bits per heavy atom. The van der Waals surface area contributed by atoms with Crippen LogP contribution >= 0.6 is 0 Å². The number of aliphatic carboxylic acids is 1. The van der Waals surface area contributed by atoms with Crippen LogP contribution in [0.3, 0.4) is 0 Å². The van der Waals surface area contributed by atoms with Crippen molar-refractivity contribution < 1.29 is 14.7 Å². The number of carboxylic acids is 1. The van der Waals surface area contributed by atoms with Crippen molar-refractivity contribution in [2.24, 2.45) is 0 Å². The van der Waals surface area contributed by atoms with E-state index < -0.39 is 5.97 Å². The first kappa shape index (κ1) is 19.0. The van der Waals surface area contributed by atoms with E-state index in [1.807, 2.05) is 26.2 Å². The fraction of sp³-hybridized carbons (Fsp3) is 0.211. The first-order chi connectivity index (χ1) is 12.3. The lowest BCUT2D eigenvalue weighted by Gasteiger charge is -2.04. The van der Waals surface area contributed by atoms with E-state index in [1.165, 1.54) is 13.0 Å². The molecule has 2 aromatic heterocycles. The number of benzene rings is 1. The zero-order chi connectivity index (χ0) is 19.3. The summed E-state index contributed by atoms with van der Waals surface area (Å²) in [5.41, 5.74) is 1.68. The summed E-state index contributed by atoms with van der Waals surface area (Å²) in [6.45, 7) is 1.54. The molecule has 7 heteroatoms. The molecule has 0 amide bonds. The van der Waals surface area contributed by atoms with E-state index in [9.17, 15) is 19.5 Å². The summed E-state index contributed by atoms with van der Waals surface area (Å²) < 4.78 is 0. The molecule has 0 aliphatic carbocycles. The number of pyridine rings is 1. The van der Waals surface area contributed by atoms with Gasteiger partial charge in [0.1, 0.15) is 5.52 Å². The fourth-order valence-electron chi connectivity index (χ4n) is 2.31. The standard InChI is InChI=1S/C16H15N3O2.C3H6O2/c1-19(2)8-6-14(20)10-3-4-13-12(9-10)11-5-7-17-15(11)16(21)18-13;1-2-3(4)5/h3-9,17H,1-2H3,(H,18,21);2H2,1H3,(H,4,5)/p-1. The van der Waals surface area contributed by atoms with Crippen LogP contribution in [0, 0.1) is 0 Å². The van der Waals surface area contributed by atoms with Gasteiger partial charge < -0.3 is 24.8 Å². The summed E-state index contributed by atoms with van der Waals surface area (Å²) in [5, 5.41) is 10.9. The molecule has 0 spiro atoms. The predicted molar refractivity (Wildman–Crippen MR) is 98.9 cm³/mol. The molecule has 3 rings (SSSR count). The number of carboxylic acid groups (broad SMARTS) is 1. The highest BCUT2D eigenvalue weighted by Crippen LogP contribution is 2.22. The highest BCUT2D eigenvalue weighted by atomic mass is 16.4. The number of hydrogen-bond acceptors (Lipinski definition) is 5. The molecule has 0 radical (unpaired) electrons. The van der Waals surface area contributed by atoms with Crippen molar-refractivity contribution in [3.63, 3.8) is 0 Å². The third-order valence-corrected chi connectivity index (χ3v) is 3.63. The maximum atomic E-state index is 12.1. The summed E-state index contributed by atoms with van der Waals surface area (Å²) in [7, 11) is 3.72. The Kier molecular flexibility index (Phi) is 5.95. The van der Waals surface area contributed by atoms with Gasteiger partial charge in [0.25, 0.3) is 5.56 Å². The molecule has 2 heterocycles. The van der Waals surface area contributed by atoms with Crippen LogP contribution in [0.4, 0.5) is 0 Å². The zero-order valence-electron chi connectivity index (χ0n) is 14.8. The molecule has 0 atom stereocenters. The van der Waals surface area contributed by atoms with Gasteiger partial charge in [0.05, 0.1) is 0 Å². The normalized spacial score (nSPS) is 10.7. The van der Waals surface area contributed by atoms with E-state index in [4.69, 9.17) is 0 Å². The Morgan fingerprint density at radius 1 is 1.19 bits per heavy atom. The Balaban J connectivity index is 0.000000431. The maximum Gasteiger partial charge on any atom is 0.272 e. The third-order valence-electron chi connectivity index (χ3n) is 3.63. The van der Waals surface area contributed by atoms with Crippen molar-refractivity contribution in [1.29, 1.82) is 0 Å². The minimum Gasteiger partial charge on any atom is -0.550 e. The minimum atomic E-state index is -0.995. The predicted octanol–water partition coefficient (Wildman–Crippen LogP) is 1.41. The van der Waals surface area contributed by atoms with Crippen LogP contribution in [-0.4, -0.2) is 40.7 Å². The van der Waals surface area contributed by atoms with Gasteiger partial charge in [-0.1, -0.05) is 6.92 Å². The molecule has 0 unspecified atom stereocenters. The molecule has 0 aliphatic heterocycles. The summed E-state index contributed by atoms with van der Waals surface area (Å²) in [5.74, 6) is -1.06. The van der Waals surface area contributed by atoms with Crippen LogP contribution < -0.4 is 10.7 Å². The summed E-state index contributed by atoms with van der Waals surface area (Å²) in [4.78, 5) is 40.8. The molecular formula is C19H20N3O4-. The summed E-state index contributed by atoms with van der Waals surface area (Å²) >= 11 is 0. The molecule has 0 bridgehead atoms. The van der Waals surface area contributed by atoms with Crippen molar-refractivity contribution in [1.82, 2.24) is 14.9 Å². The van der Waals surface area contributed by atoms with Crippen LogP contribution in [0.2, 0.25) is 0 Å². The molecule has 1 aromatic carbocycles. The maximum absolute atomic E-state index is 12.1. The van der Waals surface area contributed by atoms with Gasteiger partial charge in [0, 0.05) is 60.4 Å². The average Bonchev–Trinajstić information content (AvgIpc) is 3.10. The van der Waals surface area contributed by atoms with Gasteiger partial charge in [-0.25, -0.2) is 0 Å². The number of aromatic amines is 2. The number of rotatable bonds is 4. The van der Waals surface area contributed by atoms with Crippen LogP contribution in [0.25, 0.3) is 21.8 Å². The van der Waals surface area contributed by atoms with Gasteiger partial charge >= 0.3 is 0 Å². The number of carbonyl (C=O) groups excluding carboxylic acids is 2. The molecule has 7 nitrogen and oxygen atoms in total. The van der Waals surface area contributed by atoms with Gasteiger partial charge in [-0.3, -0.25) is 9.59 Å². The van der Waals surface area contributed by atoms with Crippen molar-refractivity contribution in [3.8, 4) is 0 Å². The lowest BCUT2D eigenvalue weighted by atomic mass is 10.0. The number of fused-ring (bicyclic) bond motifs is 3. The summed E-state index contributed by atoms with van der Waals surface area (Å²) in [6.07, 6.45) is 5.08. The van der Waals surface area contributed by atoms with Gasteiger partial charge in [-0.2, -0.15) is 0 Å². The first-order valence-electron chi connectivity index (χ1n) is 8.05. The van der Waals surface area contributed by atoms with E-state index in [1.54, 1.807) is 29.4 Å². The highest BCUT2D eigenvalue weighted by Gasteiger charge is 2.09. The number of nitrogens with one attached hydrogen (secondary N) is 2. The topological polar surface area (TPSA) is 109 Å². The third kappa shape index (κ3) is 4.38. The van der Waals surface area contributed by atoms with Gasteiger partial charge in [0.15, 0.2) is 5.78 Å². The number of H-pyrrole nitrogens is 2. The van der Waals surface area contributed by atoms with Crippen LogP contribution in [0.5, 0.6) is 0 Å². The van der Waals surface area contributed by atoms with Gasteiger partial charge in [-0.15, -0.1) is 0 Å². The van der Waals surface area contributed by atoms with Crippen molar-refractivity contribution >= 4 is 33.6 Å². The monoisotopic (exact) mass is 354 g/mol. The Labute approximate surface area is 149 Å². The van der Waals surface area contributed by atoms with E-state index in [-0.39, 0.29) is 17.8 Å². The van der Waals surface area contributed by atoms with E-state index >= 15 is 0 Å². The molecule has 0 fully saturated rings.